The molecule has 0 aliphatic heterocycles. The van der Waals surface area contributed by atoms with Crippen molar-refractivity contribution in [3.05, 3.63) is 23.3 Å². The predicted octanol–water partition coefficient (Wildman–Crippen LogP) is 7.55. The summed E-state index contributed by atoms with van der Waals surface area (Å²) in [7, 11) is 0. The summed E-state index contributed by atoms with van der Waals surface area (Å²) in [6, 6.07) is 0. The van der Waals surface area contributed by atoms with E-state index >= 15 is 0 Å². The van der Waals surface area contributed by atoms with Crippen LogP contribution >= 0.6 is 0 Å². The summed E-state index contributed by atoms with van der Waals surface area (Å²) in [5.74, 6) is 4.81. The number of fused-ring (bicyclic) bond motifs is 5. The van der Waals surface area contributed by atoms with E-state index in [1.165, 1.54) is 44.9 Å². The van der Waals surface area contributed by atoms with E-state index in [-0.39, 0.29) is 6.10 Å². The lowest BCUT2D eigenvalue weighted by molar-refractivity contribution is 0.0309. The first-order chi connectivity index (χ1) is 13.7. The van der Waals surface area contributed by atoms with Gasteiger partial charge in [-0.25, -0.2) is 0 Å². The van der Waals surface area contributed by atoms with Crippen molar-refractivity contribution >= 4 is 0 Å². The molecule has 1 N–H and O–H groups in total. The third-order valence-corrected chi connectivity index (χ3v) is 10.4. The Labute approximate surface area is 180 Å². The van der Waals surface area contributed by atoms with Gasteiger partial charge in [0.15, 0.2) is 0 Å². The van der Waals surface area contributed by atoms with Gasteiger partial charge in [-0.1, -0.05) is 66.5 Å². The van der Waals surface area contributed by atoms with Crippen LogP contribution in [0.5, 0.6) is 0 Å². The molecule has 1 heteroatoms. The molecule has 2 fully saturated rings. The minimum Gasteiger partial charge on any atom is -0.393 e. The molecule has 0 aromatic rings. The number of aliphatic hydroxyl groups is 1. The van der Waals surface area contributed by atoms with Crippen LogP contribution in [0.15, 0.2) is 23.3 Å². The van der Waals surface area contributed by atoms with Crippen LogP contribution in [-0.4, -0.2) is 11.2 Å². The highest BCUT2D eigenvalue weighted by Crippen LogP contribution is 2.65. The zero-order chi connectivity index (χ0) is 21.0. The van der Waals surface area contributed by atoms with E-state index in [0.717, 1.165) is 42.4 Å². The minimum atomic E-state index is -0.0672. The lowest BCUT2D eigenvalue weighted by atomic mass is 9.51. The molecular weight excluding hydrogens is 352 g/mol. The SMILES string of the molecule is CC(C)C(C)CCC(C)C1CCC2C3=CCC4C[C@@H](O)CCC4(C)C3=CCC21C. The number of hydrogen-bond acceptors (Lipinski definition) is 1. The minimum absolute atomic E-state index is 0.0672. The van der Waals surface area contributed by atoms with Crippen molar-refractivity contribution in [2.45, 2.75) is 105 Å². The highest BCUT2D eigenvalue weighted by atomic mass is 16.3. The smallest absolute Gasteiger partial charge is 0.0543 e. The first kappa shape index (κ1) is 21.7. The average molecular weight is 399 g/mol. The largest absolute Gasteiger partial charge is 0.393 e. The molecule has 4 rings (SSSR count). The quantitative estimate of drug-likeness (QED) is 0.506. The molecule has 0 amide bonds. The highest BCUT2D eigenvalue weighted by Gasteiger charge is 2.55. The van der Waals surface area contributed by atoms with Crippen LogP contribution < -0.4 is 0 Å². The molecule has 4 aliphatic carbocycles. The number of hydrogen-bond donors (Lipinski definition) is 1. The molecule has 7 unspecified atom stereocenters. The van der Waals surface area contributed by atoms with Crippen molar-refractivity contribution < 1.29 is 5.11 Å². The van der Waals surface area contributed by atoms with Gasteiger partial charge in [-0.05, 0) is 102 Å². The van der Waals surface area contributed by atoms with Gasteiger partial charge in [0, 0.05) is 0 Å². The Morgan fingerprint density at radius 1 is 1.03 bits per heavy atom. The first-order valence-corrected chi connectivity index (χ1v) is 12.8. The van der Waals surface area contributed by atoms with Crippen LogP contribution in [0.4, 0.5) is 0 Å². The van der Waals surface area contributed by atoms with Crippen LogP contribution in [-0.2, 0) is 0 Å². The molecule has 8 atom stereocenters. The third kappa shape index (κ3) is 3.58. The van der Waals surface area contributed by atoms with E-state index in [4.69, 9.17) is 0 Å². The molecule has 29 heavy (non-hydrogen) atoms. The van der Waals surface area contributed by atoms with Gasteiger partial charge >= 0.3 is 0 Å². The van der Waals surface area contributed by atoms with Crippen LogP contribution in [0.2, 0.25) is 0 Å². The number of aliphatic hydroxyl groups excluding tert-OH is 1. The number of allylic oxidation sites excluding steroid dienone is 4. The molecule has 0 aromatic carbocycles. The van der Waals surface area contributed by atoms with Crippen molar-refractivity contribution in [1.82, 2.24) is 0 Å². The lowest BCUT2D eigenvalue weighted by Crippen LogP contribution is -2.44. The molecule has 4 aliphatic rings. The second kappa shape index (κ2) is 7.85. The molecule has 164 valence electrons. The van der Waals surface area contributed by atoms with E-state index in [0.29, 0.717) is 16.7 Å². The summed E-state index contributed by atoms with van der Waals surface area (Å²) in [6.07, 6.45) is 16.5. The van der Waals surface area contributed by atoms with Crippen LogP contribution in [0.25, 0.3) is 0 Å². The summed E-state index contributed by atoms with van der Waals surface area (Å²) >= 11 is 0. The van der Waals surface area contributed by atoms with Crippen molar-refractivity contribution in [3.8, 4) is 0 Å². The van der Waals surface area contributed by atoms with E-state index < -0.39 is 0 Å². The summed E-state index contributed by atoms with van der Waals surface area (Å²) in [6.45, 7) is 14.9. The molecule has 2 saturated carbocycles. The Bertz CT molecular complexity index is 672. The Morgan fingerprint density at radius 3 is 2.52 bits per heavy atom. The van der Waals surface area contributed by atoms with Gasteiger partial charge in [-0.15, -0.1) is 0 Å². The maximum Gasteiger partial charge on any atom is 0.0543 e. The van der Waals surface area contributed by atoms with Gasteiger partial charge in [-0.3, -0.25) is 0 Å². The van der Waals surface area contributed by atoms with Gasteiger partial charge in [0.2, 0.25) is 0 Å². The van der Waals surface area contributed by atoms with Crippen LogP contribution in [0.1, 0.15) is 99.3 Å². The normalized spacial score (nSPS) is 43.7. The van der Waals surface area contributed by atoms with E-state index in [2.05, 4.69) is 53.7 Å². The predicted molar refractivity (Wildman–Crippen MR) is 124 cm³/mol. The fraction of sp³-hybridized carbons (Fsp3) is 0.857. The second-order valence-corrected chi connectivity index (χ2v) is 12.3. The van der Waals surface area contributed by atoms with Crippen molar-refractivity contribution in [2.75, 3.05) is 0 Å². The van der Waals surface area contributed by atoms with Crippen molar-refractivity contribution in [1.29, 1.82) is 0 Å². The molecular formula is C28H46O. The fourth-order valence-corrected chi connectivity index (χ4v) is 7.86. The molecule has 0 saturated heterocycles. The zero-order valence-electron chi connectivity index (χ0n) is 20.0. The monoisotopic (exact) mass is 398 g/mol. The summed E-state index contributed by atoms with van der Waals surface area (Å²) < 4.78 is 0. The molecule has 0 heterocycles. The average Bonchev–Trinajstić information content (AvgIpc) is 3.03. The van der Waals surface area contributed by atoms with E-state index in [9.17, 15) is 5.11 Å². The van der Waals surface area contributed by atoms with Gasteiger partial charge in [-0.2, -0.15) is 0 Å². The Morgan fingerprint density at radius 2 is 1.79 bits per heavy atom. The van der Waals surface area contributed by atoms with Gasteiger partial charge in [0.1, 0.15) is 0 Å². The van der Waals surface area contributed by atoms with Crippen LogP contribution in [0.3, 0.4) is 0 Å². The zero-order valence-corrected chi connectivity index (χ0v) is 20.0. The fourth-order valence-electron chi connectivity index (χ4n) is 7.86. The lowest BCUT2D eigenvalue weighted by Gasteiger charge is -2.53. The summed E-state index contributed by atoms with van der Waals surface area (Å²) in [5, 5.41) is 10.2. The molecule has 0 bridgehead atoms. The maximum atomic E-state index is 10.2. The van der Waals surface area contributed by atoms with Gasteiger partial charge in [0.05, 0.1) is 6.10 Å². The standard InChI is InChI=1S/C28H46O/c1-18(2)19(3)7-8-20(4)24-11-12-25-23-10-9-21-17-22(29)13-15-27(21,5)26(23)14-16-28(24,25)6/h10,14,18-22,24-25,29H,7-9,11-13,15-17H2,1-6H3/t19?,20?,21?,22-,24?,25?,27?,28?/m0/s1. The van der Waals surface area contributed by atoms with E-state index in [1.807, 2.05) is 0 Å². The maximum absolute atomic E-state index is 10.2. The first-order valence-electron chi connectivity index (χ1n) is 12.8. The Hall–Kier alpha value is -0.560. The number of rotatable bonds is 5. The van der Waals surface area contributed by atoms with E-state index in [1.54, 1.807) is 11.1 Å². The summed E-state index contributed by atoms with van der Waals surface area (Å²) in [5.41, 5.74) is 4.22. The molecule has 0 aromatic heterocycles. The van der Waals surface area contributed by atoms with Crippen LogP contribution in [0, 0.1) is 46.3 Å². The van der Waals surface area contributed by atoms with Gasteiger partial charge in [0.25, 0.3) is 0 Å². The highest BCUT2D eigenvalue weighted by molar-refractivity contribution is 5.46. The molecule has 1 nitrogen and oxygen atoms in total. The van der Waals surface area contributed by atoms with Gasteiger partial charge < -0.3 is 5.11 Å². The van der Waals surface area contributed by atoms with Crippen molar-refractivity contribution in [2.24, 2.45) is 46.3 Å². The van der Waals surface area contributed by atoms with Crippen molar-refractivity contribution in [3.63, 3.8) is 0 Å². The second-order valence-electron chi connectivity index (χ2n) is 12.3. The summed E-state index contributed by atoms with van der Waals surface area (Å²) in [4.78, 5) is 0. The topological polar surface area (TPSA) is 20.2 Å². The Kier molecular flexibility index (Phi) is 5.86. The molecule has 0 radical (unpaired) electrons. The molecule has 0 spiro atoms. The third-order valence-electron chi connectivity index (χ3n) is 10.4. The Balaban J connectivity index is 1.53.